The minimum absolute atomic E-state index is 0.00387. The summed E-state index contributed by atoms with van der Waals surface area (Å²) in [7, 11) is 0. The Balaban J connectivity index is 1.81. The van der Waals surface area contributed by atoms with E-state index in [-0.39, 0.29) is 17.8 Å². The van der Waals surface area contributed by atoms with Crippen LogP contribution in [0.25, 0.3) is 0 Å². The summed E-state index contributed by atoms with van der Waals surface area (Å²) in [5.74, 6) is 0.966. The molecular weight excluding hydrogens is 320 g/mol. The van der Waals surface area contributed by atoms with E-state index in [0.717, 1.165) is 64.4 Å². The summed E-state index contributed by atoms with van der Waals surface area (Å²) < 4.78 is 5.12. The summed E-state index contributed by atoms with van der Waals surface area (Å²) in [4.78, 5) is 32.7. The number of guanidine groups is 1. The van der Waals surface area contributed by atoms with E-state index >= 15 is 0 Å². The molecule has 2 aliphatic heterocycles. The van der Waals surface area contributed by atoms with Crippen LogP contribution in [-0.4, -0.2) is 73.5 Å². The van der Waals surface area contributed by atoms with E-state index in [1.54, 1.807) is 0 Å². The first-order valence-electron chi connectivity index (χ1n) is 9.63. The third kappa shape index (κ3) is 5.90. The van der Waals surface area contributed by atoms with E-state index in [2.05, 4.69) is 15.2 Å². The Labute approximate surface area is 150 Å². The van der Waals surface area contributed by atoms with Crippen LogP contribution in [0.4, 0.5) is 0 Å². The molecular formula is C18H32N4O3. The predicted molar refractivity (Wildman–Crippen MR) is 97.3 cm³/mol. The van der Waals surface area contributed by atoms with Crippen molar-refractivity contribution >= 4 is 17.8 Å². The quantitative estimate of drug-likeness (QED) is 0.442. The molecule has 0 aromatic heterocycles. The van der Waals surface area contributed by atoms with Crippen molar-refractivity contribution < 1.29 is 14.3 Å². The van der Waals surface area contributed by atoms with Crippen LogP contribution in [0.2, 0.25) is 0 Å². The normalized spacial score (nSPS) is 19.2. The van der Waals surface area contributed by atoms with E-state index in [1.807, 2.05) is 18.7 Å². The minimum Gasteiger partial charge on any atom is -0.466 e. The Morgan fingerprint density at radius 2 is 1.76 bits per heavy atom. The molecule has 0 bridgehead atoms. The summed E-state index contributed by atoms with van der Waals surface area (Å²) in [5, 5.41) is 3.30. The SMILES string of the molecule is CCNC(=NCCC(=O)N1CCCC1)N1CCC(C(=O)OCC)CC1. The first kappa shape index (κ1) is 19.5. The van der Waals surface area contributed by atoms with Gasteiger partial charge in [0.1, 0.15) is 0 Å². The Hall–Kier alpha value is -1.79. The zero-order valence-corrected chi connectivity index (χ0v) is 15.6. The second-order valence-electron chi connectivity index (χ2n) is 6.59. The fourth-order valence-electron chi connectivity index (χ4n) is 3.40. The summed E-state index contributed by atoms with van der Waals surface area (Å²) in [6.45, 7) is 8.97. The first-order valence-corrected chi connectivity index (χ1v) is 9.63. The van der Waals surface area contributed by atoms with Gasteiger partial charge in [-0.3, -0.25) is 14.6 Å². The number of ether oxygens (including phenoxy) is 1. The van der Waals surface area contributed by atoms with Crippen LogP contribution >= 0.6 is 0 Å². The molecule has 2 aliphatic rings. The maximum atomic E-state index is 12.1. The number of piperidine rings is 1. The summed E-state index contributed by atoms with van der Waals surface area (Å²) in [6, 6.07) is 0. The van der Waals surface area contributed by atoms with Crippen LogP contribution < -0.4 is 5.32 Å². The number of aliphatic imine (C=N–C) groups is 1. The minimum atomic E-state index is -0.0831. The van der Waals surface area contributed by atoms with Gasteiger partial charge in [0.05, 0.1) is 19.1 Å². The molecule has 0 aliphatic carbocycles. The van der Waals surface area contributed by atoms with Gasteiger partial charge in [-0.1, -0.05) is 0 Å². The van der Waals surface area contributed by atoms with E-state index < -0.39 is 0 Å². The average Bonchev–Trinajstić information content (AvgIpc) is 3.16. The van der Waals surface area contributed by atoms with Gasteiger partial charge in [-0.2, -0.15) is 0 Å². The number of rotatable bonds is 6. The van der Waals surface area contributed by atoms with Gasteiger partial charge >= 0.3 is 5.97 Å². The van der Waals surface area contributed by atoms with Crippen molar-refractivity contribution in [3.63, 3.8) is 0 Å². The highest BCUT2D eigenvalue weighted by Gasteiger charge is 2.27. The number of hydrogen-bond donors (Lipinski definition) is 1. The number of likely N-dealkylation sites (tertiary alicyclic amines) is 2. The summed E-state index contributed by atoms with van der Waals surface area (Å²) in [6.07, 6.45) is 4.28. The zero-order chi connectivity index (χ0) is 18.1. The molecule has 0 radical (unpaired) electrons. The molecule has 0 saturated carbocycles. The second-order valence-corrected chi connectivity index (χ2v) is 6.59. The monoisotopic (exact) mass is 352 g/mol. The van der Waals surface area contributed by atoms with Gasteiger partial charge in [-0.25, -0.2) is 0 Å². The van der Waals surface area contributed by atoms with E-state index in [9.17, 15) is 9.59 Å². The summed E-state index contributed by atoms with van der Waals surface area (Å²) in [5.41, 5.74) is 0. The van der Waals surface area contributed by atoms with Gasteiger partial charge in [0, 0.05) is 39.1 Å². The molecule has 0 aromatic rings. The van der Waals surface area contributed by atoms with Gasteiger partial charge in [0.2, 0.25) is 5.91 Å². The number of nitrogens with one attached hydrogen (secondary N) is 1. The lowest BCUT2D eigenvalue weighted by molar-refractivity contribution is -0.149. The van der Waals surface area contributed by atoms with Crippen molar-refractivity contribution in [3.05, 3.63) is 0 Å². The topological polar surface area (TPSA) is 74.2 Å². The van der Waals surface area contributed by atoms with Crippen LogP contribution in [0.5, 0.6) is 0 Å². The molecule has 0 spiro atoms. The van der Waals surface area contributed by atoms with Crippen LogP contribution in [0.3, 0.4) is 0 Å². The molecule has 7 nitrogen and oxygen atoms in total. The Morgan fingerprint density at radius 3 is 2.36 bits per heavy atom. The molecule has 142 valence electrons. The number of hydrogen-bond acceptors (Lipinski definition) is 4. The van der Waals surface area contributed by atoms with E-state index in [0.29, 0.717) is 19.6 Å². The molecule has 2 rings (SSSR count). The predicted octanol–water partition coefficient (Wildman–Crippen LogP) is 1.24. The van der Waals surface area contributed by atoms with Crippen molar-refractivity contribution in [1.82, 2.24) is 15.1 Å². The van der Waals surface area contributed by atoms with Crippen LogP contribution in [0, 0.1) is 5.92 Å². The number of carbonyl (C=O) groups is 2. The van der Waals surface area contributed by atoms with E-state index in [1.165, 1.54) is 0 Å². The van der Waals surface area contributed by atoms with Crippen LogP contribution in [0.1, 0.15) is 46.0 Å². The van der Waals surface area contributed by atoms with Gasteiger partial charge in [-0.05, 0) is 39.5 Å². The smallest absolute Gasteiger partial charge is 0.309 e. The largest absolute Gasteiger partial charge is 0.466 e. The molecule has 0 aromatic carbocycles. The first-order chi connectivity index (χ1) is 12.2. The lowest BCUT2D eigenvalue weighted by atomic mass is 9.97. The molecule has 2 fully saturated rings. The lowest BCUT2D eigenvalue weighted by Crippen LogP contribution is -2.46. The average molecular weight is 352 g/mol. The van der Waals surface area contributed by atoms with Crippen molar-refractivity contribution in [2.75, 3.05) is 45.9 Å². The maximum absolute atomic E-state index is 12.1. The van der Waals surface area contributed by atoms with Crippen molar-refractivity contribution in [2.24, 2.45) is 10.9 Å². The zero-order valence-electron chi connectivity index (χ0n) is 15.6. The second kappa shape index (κ2) is 10.3. The Morgan fingerprint density at radius 1 is 1.08 bits per heavy atom. The Kier molecular flexibility index (Phi) is 8.01. The van der Waals surface area contributed by atoms with Crippen molar-refractivity contribution in [2.45, 2.75) is 46.0 Å². The van der Waals surface area contributed by atoms with Gasteiger partial charge < -0.3 is 19.9 Å². The standard InChI is InChI=1S/C18H32N4O3/c1-3-19-18(20-10-7-16(23)21-11-5-6-12-21)22-13-8-15(9-14-22)17(24)25-4-2/h15H,3-14H2,1-2H3,(H,19,20). The molecule has 7 heteroatoms. The highest BCUT2D eigenvalue weighted by molar-refractivity contribution is 5.81. The fourth-order valence-corrected chi connectivity index (χ4v) is 3.40. The maximum Gasteiger partial charge on any atom is 0.309 e. The van der Waals surface area contributed by atoms with Crippen LogP contribution in [0.15, 0.2) is 4.99 Å². The van der Waals surface area contributed by atoms with Crippen molar-refractivity contribution in [3.8, 4) is 0 Å². The lowest BCUT2D eigenvalue weighted by Gasteiger charge is -2.33. The summed E-state index contributed by atoms with van der Waals surface area (Å²) >= 11 is 0. The third-order valence-corrected chi connectivity index (χ3v) is 4.80. The molecule has 1 N–H and O–H groups in total. The highest BCUT2D eigenvalue weighted by atomic mass is 16.5. The van der Waals surface area contributed by atoms with Crippen LogP contribution in [-0.2, 0) is 14.3 Å². The molecule has 0 atom stereocenters. The molecule has 1 amide bonds. The molecule has 2 heterocycles. The number of carbonyl (C=O) groups excluding carboxylic acids is 2. The third-order valence-electron chi connectivity index (χ3n) is 4.80. The molecule has 25 heavy (non-hydrogen) atoms. The van der Waals surface area contributed by atoms with Gasteiger partial charge in [0.25, 0.3) is 0 Å². The Bertz CT molecular complexity index is 467. The fraction of sp³-hybridized carbons (Fsp3) is 0.833. The molecule has 2 saturated heterocycles. The number of esters is 1. The number of amides is 1. The highest BCUT2D eigenvalue weighted by Crippen LogP contribution is 2.19. The van der Waals surface area contributed by atoms with Gasteiger partial charge in [-0.15, -0.1) is 0 Å². The van der Waals surface area contributed by atoms with Gasteiger partial charge in [0.15, 0.2) is 5.96 Å². The number of nitrogens with zero attached hydrogens (tertiary/aromatic N) is 3. The molecule has 0 unspecified atom stereocenters. The van der Waals surface area contributed by atoms with Crippen molar-refractivity contribution in [1.29, 1.82) is 0 Å². The van der Waals surface area contributed by atoms with E-state index in [4.69, 9.17) is 4.74 Å².